The number of carboxylic acid groups (broad SMARTS) is 6. The van der Waals surface area contributed by atoms with Gasteiger partial charge in [-0.05, 0) is 112 Å². The zero-order valence-corrected chi connectivity index (χ0v) is 38.8. The minimum absolute atomic E-state index is 0.384. The van der Waals surface area contributed by atoms with Gasteiger partial charge >= 0.3 is 23.9 Å². The van der Waals surface area contributed by atoms with Crippen molar-refractivity contribution in [3.63, 3.8) is 0 Å². The smallest absolute Gasteiger partial charge is 0.328 e. The number of carbonyl (C=O) groups is 6. The molecule has 16 heteroatoms. The van der Waals surface area contributed by atoms with E-state index in [0.717, 1.165) is 58.2 Å². The average Bonchev–Trinajstić information content (AvgIpc) is 4.03. The lowest BCUT2D eigenvalue weighted by molar-refractivity contribution is -0.919. The normalized spacial score (nSPS) is 30.5. The molecule has 4 bridgehead atoms. The van der Waals surface area contributed by atoms with Gasteiger partial charge in [0.15, 0.2) is 0 Å². The molecule has 6 N–H and O–H groups in total. The van der Waals surface area contributed by atoms with Crippen LogP contribution >= 0.6 is 0 Å². The summed E-state index contributed by atoms with van der Waals surface area (Å²) in [6.07, 6.45) is 27.7. The van der Waals surface area contributed by atoms with E-state index in [0.29, 0.717) is 36.5 Å². The van der Waals surface area contributed by atoms with Crippen molar-refractivity contribution in [2.24, 2.45) is 58.2 Å². The minimum atomic E-state index is -1.55. The lowest BCUT2D eigenvalue weighted by Crippen LogP contribution is -3.16. The number of piperidine rings is 4. The van der Waals surface area contributed by atoms with Crippen molar-refractivity contribution in [2.45, 2.75) is 103 Å². The monoisotopic (exact) mass is 925 g/mol. The molecule has 10 aliphatic rings. The third kappa shape index (κ3) is 16.3. The van der Waals surface area contributed by atoms with Crippen LogP contribution in [0.15, 0.2) is 36.5 Å². The predicted molar refractivity (Wildman–Crippen MR) is 239 cm³/mol. The molecule has 0 aromatic rings. The molecule has 66 heavy (non-hydrogen) atoms. The molecule has 6 saturated carbocycles. The van der Waals surface area contributed by atoms with E-state index >= 15 is 0 Å². The summed E-state index contributed by atoms with van der Waals surface area (Å²) in [6, 6.07) is 0. The molecule has 368 valence electrons. The first-order valence-corrected chi connectivity index (χ1v) is 25.0. The second-order valence-corrected chi connectivity index (χ2v) is 21.6. The van der Waals surface area contributed by atoms with Gasteiger partial charge in [0, 0.05) is 99.1 Å². The lowest BCUT2D eigenvalue weighted by Gasteiger charge is -2.55. The van der Waals surface area contributed by atoms with Gasteiger partial charge in [-0.2, -0.15) is 0 Å². The van der Waals surface area contributed by atoms with E-state index in [1.165, 1.54) is 156 Å². The zero-order valence-electron chi connectivity index (χ0n) is 38.8. The molecule has 16 nitrogen and oxygen atoms in total. The van der Waals surface area contributed by atoms with Gasteiger partial charge in [-0.3, -0.25) is 0 Å². The van der Waals surface area contributed by atoms with Crippen LogP contribution in [0.3, 0.4) is 0 Å². The van der Waals surface area contributed by atoms with Crippen molar-refractivity contribution in [1.29, 1.82) is 0 Å². The third-order valence-corrected chi connectivity index (χ3v) is 16.4. The first kappa shape index (κ1) is 51.3. The molecule has 0 aromatic heterocycles. The van der Waals surface area contributed by atoms with Gasteiger partial charge in [-0.1, -0.05) is 25.7 Å². The van der Waals surface area contributed by atoms with Crippen LogP contribution in [0.1, 0.15) is 103 Å². The number of rotatable bonds is 14. The van der Waals surface area contributed by atoms with Crippen LogP contribution in [0.5, 0.6) is 0 Å². The van der Waals surface area contributed by atoms with Crippen LogP contribution in [0.25, 0.3) is 0 Å². The van der Waals surface area contributed by atoms with Gasteiger partial charge in [0.25, 0.3) is 0 Å². The van der Waals surface area contributed by atoms with Gasteiger partial charge in [-0.25, -0.2) is 19.2 Å². The second kappa shape index (κ2) is 23.7. The highest BCUT2D eigenvalue weighted by molar-refractivity contribution is 5.90. The summed E-state index contributed by atoms with van der Waals surface area (Å²) < 4.78 is 0. The number of aliphatic carboxylic acids is 6. The first-order valence-electron chi connectivity index (χ1n) is 25.0. The maximum absolute atomic E-state index is 9.55. The van der Waals surface area contributed by atoms with E-state index < -0.39 is 35.8 Å². The Balaban J connectivity index is 0.000000149. The highest BCUT2D eigenvalue weighted by atomic mass is 16.4. The summed E-state index contributed by atoms with van der Waals surface area (Å²) in [5.41, 5.74) is 1.60. The summed E-state index contributed by atoms with van der Waals surface area (Å²) in [5.74, 6) is 0.432. The fourth-order valence-corrected chi connectivity index (χ4v) is 13.0. The van der Waals surface area contributed by atoms with Crippen LogP contribution in [0.4, 0.5) is 0 Å². The Morgan fingerprint density at radius 3 is 0.909 bits per heavy atom. The molecule has 0 amide bonds. The quantitative estimate of drug-likeness (QED) is 0.127. The lowest BCUT2D eigenvalue weighted by atomic mass is 9.60. The number of quaternary nitrogens is 2. The fourth-order valence-electron chi connectivity index (χ4n) is 13.0. The highest BCUT2D eigenvalue weighted by Gasteiger charge is 2.58. The van der Waals surface area contributed by atoms with Crippen molar-refractivity contribution in [3.8, 4) is 0 Å². The van der Waals surface area contributed by atoms with Crippen LogP contribution < -0.4 is 20.0 Å². The molecule has 6 aliphatic carbocycles. The van der Waals surface area contributed by atoms with Crippen molar-refractivity contribution in [1.82, 2.24) is 9.80 Å². The molecular formula is C50H76N4O12. The molecule has 10 fully saturated rings. The Morgan fingerprint density at radius 2 is 0.697 bits per heavy atom. The van der Waals surface area contributed by atoms with E-state index in [-0.39, 0.29) is 0 Å². The van der Waals surface area contributed by atoms with E-state index in [2.05, 4.69) is 9.80 Å². The summed E-state index contributed by atoms with van der Waals surface area (Å²) in [6.45, 7) is 17.9. The van der Waals surface area contributed by atoms with Gasteiger partial charge in [0.05, 0.1) is 51.2 Å². The maximum atomic E-state index is 9.55. The molecule has 6 atom stereocenters. The van der Waals surface area contributed by atoms with Gasteiger partial charge in [-0.15, -0.1) is 0 Å². The van der Waals surface area contributed by atoms with Gasteiger partial charge < -0.3 is 59.8 Å². The summed E-state index contributed by atoms with van der Waals surface area (Å²) in [4.78, 5) is 66.8. The molecule has 10 rings (SSSR count). The third-order valence-electron chi connectivity index (χ3n) is 16.4. The standard InChI is InChI=1S/2C19H32N2.3C4H4O4/c2*1-2-8-19(7-1)17-11-20(9-15-3-4-15)12-18(19)14-21(13-17)10-16-5-6-16;3*5-3(6)1-2-4(7)8/h2*15-18H,1-14H2;3*1-2H,(H,5,6)(H,7,8)/b;;3*2-1+/t2*17-,18+;;;. The summed E-state index contributed by atoms with van der Waals surface area (Å²) >= 11 is 0. The largest absolute Gasteiger partial charge is 0.545 e. The Morgan fingerprint density at radius 1 is 0.439 bits per heavy atom. The van der Waals surface area contributed by atoms with Crippen molar-refractivity contribution < 1.29 is 69.2 Å². The van der Waals surface area contributed by atoms with E-state index in [4.69, 9.17) is 20.4 Å². The zero-order chi connectivity index (χ0) is 47.4. The van der Waals surface area contributed by atoms with Crippen LogP contribution in [-0.4, -0.2) is 145 Å². The maximum Gasteiger partial charge on any atom is 0.328 e. The number of carbonyl (C=O) groups excluding carboxylic acids is 2. The highest BCUT2D eigenvalue weighted by Crippen LogP contribution is 2.55. The number of hydrogen-bond donors (Lipinski definition) is 6. The molecule has 4 heterocycles. The van der Waals surface area contributed by atoms with Crippen molar-refractivity contribution >= 4 is 35.8 Å². The minimum Gasteiger partial charge on any atom is -0.545 e. The Bertz CT molecular complexity index is 1480. The topological polar surface area (TPSA) is 245 Å². The molecule has 0 radical (unpaired) electrons. The van der Waals surface area contributed by atoms with Crippen LogP contribution in [0.2, 0.25) is 0 Å². The summed E-state index contributed by atoms with van der Waals surface area (Å²) in [7, 11) is 0. The molecule has 4 saturated heterocycles. The SMILES string of the molecule is C1CCC2(C1)[C@@H]1CN(CC3CC3)C[C@H]2C[NH+](CC2CC2)C1.C1CCC2(C1)[C@@H]1CN(CC3CC3)C[C@H]2C[NH+](CC2CC2)C1.O=C(O)/C=C/C(=O)O.O=C(O)/C=C/C(=O)O.O=C([O-])/C=C/C(=O)[O-]. The number of hydrogen-bond acceptors (Lipinski definition) is 10. The predicted octanol–water partition coefficient (Wildman–Crippen LogP) is 0.0926. The van der Waals surface area contributed by atoms with Crippen LogP contribution in [0, 0.1) is 58.2 Å². The Hall–Kier alpha value is -4.12. The van der Waals surface area contributed by atoms with Crippen molar-refractivity contribution in [2.75, 3.05) is 78.5 Å². The number of likely N-dealkylation sites (tertiary alicyclic amines) is 4. The molecule has 0 aromatic carbocycles. The first-order chi connectivity index (χ1) is 31.5. The molecule has 2 unspecified atom stereocenters. The number of nitrogens with one attached hydrogen (secondary N) is 2. The Labute approximate surface area is 389 Å². The summed E-state index contributed by atoms with van der Waals surface area (Å²) in [5, 5.41) is 50.1. The van der Waals surface area contributed by atoms with Gasteiger partial charge in [0.2, 0.25) is 0 Å². The molecule has 4 aliphatic heterocycles. The van der Waals surface area contributed by atoms with Crippen LogP contribution in [-0.2, 0) is 28.8 Å². The van der Waals surface area contributed by atoms with E-state index in [9.17, 15) is 39.0 Å². The molecule has 2 spiro atoms. The van der Waals surface area contributed by atoms with E-state index in [1.54, 1.807) is 25.7 Å². The number of nitrogens with zero attached hydrogens (tertiary/aromatic N) is 2. The number of carboxylic acids is 6. The van der Waals surface area contributed by atoms with E-state index in [1.807, 2.05) is 9.80 Å². The fraction of sp³-hybridized carbons (Fsp3) is 0.760. The molecular weight excluding hydrogens is 849 g/mol. The second-order valence-electron chi connectivity index (χ2n) is 21.6. The Kier molecular flexibility index (Phi) is 18.4. The van der Waals surface area contributed by atoms with Gasteiger partial charge in [0.1, 0.15) is 0 Å². The average molecular weight is 925 g/mol. The van der Waals surface area contributed by atoms with Crippen molar-refractivity contribution in [3.05, 3.63) is 36.5 Å².